The Morgan fingerprint density at radius 3 is 2.73 bits per heavy atom. The molecule has 3 rings (SSSR count). The van der Waals surface area contributed by atoms with Crippen LogP contribution in [0.3, 0.4) is 0 Å². The lowest BCUT2D eigenvalue weighted by Crippen LogP contribution is -2.38. The fraction of sp³-hybridized carbons (Fsp3) is 0.350. The predicted molar refractivity (Wildman–Crippen MR) is 99.4 cm³/mol. The van der Waals surface area contributed by atoms with Gasteiger partial charge in [0.2, 0.25) is 0 Å². The van der Waals surface area contributed by atoms with Gasteiger partial charge in [-0.2, -0.15) is 0 Å². The molecule has 1 aliphatic heterocycles. The number of para-hydroxylation sites is 1. The average molecular weight is 356 g/mol. The van der Waals surface area contributed by atoms with Crippen LogP contribution in [0, 0.1) is 0 Å². The van der Waals surface area contributed by atoms with Crippen LogP contribution in [0.4, 0.5) is 5.69 Å². The van der Waals surface area contributed by atoms with Gasteiger partial charge in [0.1, 0.15) is 5.75 Å². The van der Waals surface area contributed by atoms with Crippen LogP contribution in [0.5, 0.6) is 17.2 Å². The van der Waals surface area contributed by atoms with E-state index in [0.717, 1.165) is 11.1 Å². The molecular weight excluding hydrogens is 332 g/mol. The van der Waals surface area contributed by atoms with Crippen molar-refractivity contribution in [3.8, 4) is 17.2 Å². The second-order valence-electron chi connectivity index (χ2n) is 6.23. The van der Waals surface area contributed by atoms with E-state index in [1.807, 2.05) is 37.3 Å². The summed E-state index contributed by atoms with van der Waals surface area (Å²) in [5.74, 6) is 1.93. The second kappa shape index (κ2) is 7.56. The van der Waals surface area contributed by atoms with Gasteiger partial charge in [0, 0.05) is 29.9 Å². The van der Waals surface area contributed by atoms with Gasteiger partial charge < -0.3 is 24.8 Å². The van der Waals surface area contributed by atoms with E-state index < -0.39 is 6.10 Å². The van der Waals surface area contributed by atoms with Crippen molar-refractivity contribution in [1.29, 1.82) is 0 Å². The smallest absolute Gasteiger partial charge is 0.264 e. The van der Waals surface area contributed by atoms with E-state index >= 15 is 0 Å². The number of rotatable bonds is 5. The van der Waals surface area contributed by atoms with Gasteiger partial charge >= 0.3 is 0 Å². The van der Waals surface area contributed by atoms with Gasteiger partial charge in [-0.05, 0) is 30.7 Å². The van der Waals surface area contributed by atoms with E-state index in [4.69, 9.17) is 19.9 Å². The Labute approximate surface area is 153 Å². The zero-order valence-corrected chi connectivity index (χ0v) is 15.3. The minimum absolute atomic E-state index is 0.0489. The van der Waals surface area contributed by atoms with Crippen LogP contribution in [0.1, 0.15) is 24.5 Å². The minimum Gasteiger partial charge on any atom is -0.493 e. The number of carbonyl (C=O) groups is 1. The third-order valence-corrected chi connectivity index (χ3v) is 4.52. The van der Waals surface area contributed by atoms with Crippen molar-refractivity contribution in [3.63, 3.8) is 0 Å². The number of nitrogen functional groups attached to an aromatic ring is 1. The van der Waals surface area contributed by atoms with Crippen molar-refractivity contribution in [3.05, 3.63) is 47.5 Å². The number of anilines is 1. The molecule has 26 heavy (non-hydrogen) atoms. The molecular formula is C20H24N2O4. The van der Waals surface area contributed by atoms with Gasteiger partial charge in [-0.1, -0.05) is 19.1 Å². The third-order valence-electron chi connectivity index (χ3n) is 4.52. The lowest BCUT2D eigenvalue weighted by Gasteiger charge is -2.24. The highest BCUT2D eigenvalue weighted by Crippen LogP contribution is 2.34. The summed E-state index contributed by atoms with van der Waals surface area (Å²) in [6.45, 7) is 2.76. The van der Waals surface area contributed by atoms with Crippen molar-refractivity contribution < 1.29 is 19.0 Å². The van der Waals surface area contributed by atoms with Gasteiger partial charge in [0.05, 0.1) is 14.2 Å². The molecule has 138 valence electrons. The Balaban J connectivity index is 1.97. The number of ether oxygens (including phenoxy) is 3. The van der Waals surface area contributed by atoms with Crippen LogP contribution in [-0.2, 0) is 17.9 Å². The number of nitrogens with zero attached hydrogens (tertiary/aromatic N) is 1. The molecule has 0 bridgehead atoms. The number of carbonyl (C=O) groups excluding carboxylic acids is 1. The van der Waals surface area contributed by atoms with Crippen LogP contribution >= 0.6 is 0 Å². The first-order valence-electron chi connectivity index (χ1n) is 8.61. The summed E-state index contributed by atoms with van der Waals surface area (Å²) in [5, 5.41) is 0. The lowest BCUT2D eigenvalue weighted by atomic mass is 10.1. The summed E-state index contributed by atoms with van der Waals surface area (Å²) < 4.78 is 16.8. The fourth-order valence-electron chi connectivity index (χ4n) is 3.20. The van der Waals surface area contributed by atoms with Gasteiger partial charge in [-0.3, -0.25) is 4.79 Å². The molecule has 0 aliphatic carbocycles. The first kappa shape index (κ1) is 17.9. The lowest BCUT2D eigenvalue weighted by molar-refractivity contribution is -0.139. The number of methoxy groups -OCH3 is 2. The average Bonchev–Trinajstić information content (AvgIpc) is 2.78. The third kappa shape index (κ3) is 3.40. The zero-order chi connectivity index (χ0) is 18.7. The highest BCUT2D eigenvalue weighted by atomic mass is 16.5. The monoisotopic (exact) mass is 356 g/mol. The molecule has 1 aliphatic rings. The van der Waals surface area contributed by atoms with E-state index in [1.165, 1.54) is 0 Å². The van der Waals surface area contributed by atoms with Crippen molar-refractivity contribution in [1.82, 2.24) is 4.90 Å². The maximum atomic E-state index is 13.0. The van der Waals surface area contributed by atoms with Crippen molar-refractivity contribution in [2.24, 2.45) is 0 Å². The molecule has 2 aromatic carbocycles. The van der Waals surface area contributed by atoms with Gasteiger partial charge in [-0.15, -0.1) is 0 Å². The molecule has 1 amide bonds. The highest BCUT2D eigenvalue weighted by Gasteiger charge is 2.30. The van der Waals surface area contributed by atoms with Crippen LogP contribution in [-0.4, -0.2) is 31.1 Å². The normalized spacial score (nSPS) is 16.5. The largest absolute Gasteiger partial charge is 0.493 e. The van der Waals surface area contributed by atoms with Crippen LogP contribution < -0.4 is 19.9 Å². The van der Waals surface area contributed by atoms with Crippen molar-refractivity contribution in [2.75, 3.05) is 20.0 Å². The molecule has 0 saturated heterocycles. The molecule has 1 unspecified atom stereocenters. The molecule has 0 fully saturated rings. The molecule has 2 aromatic rings. The number of fused-ring (bicyclic) bond motifs is 1. The first-order valence-corrected chi connectivity index (χ1v) is 8.61. The van der Waals surface area contributed by atoms with Crippen molar-refractivity contribution in [2.45, 2.75) is 32.5 Å². The molecule has 0 spiro atoms. The first-order chi connectivity index (χ1) is 12.6. The summed E-state index contributed by atoms with van der Waals surface area (Å²) in [6.07, 6.45) is 0.0745. The molecule has 1 atom stereocenters. The Kier molecular flexibility index (Phi) is 5.21. The van der Waals surface area contributed by atoms with Crippen molar-refractivity contribution >= 4 is 11.6 Å². The Morgan fingerprint density at radius 2 is 2.04 bits per heavy atom. The fourth-order valence-corrected chi connectivity index (χ4v) is 3.20. The molecule has 2 N–H and O–H groups in total. The molecule has 0 saturated carbocycles. The molecule has 0 aromatic heterocycles. The van der Waals surface area contributed by atoms with Gasteiger partial charge in [0.25, 0.3) is 5.91 Å². The Bertz CT molecular complexity index is 806. The summed E-state index contributed by atoms with van der Waals surface area (Å²) in [5.41, 5.74) is 8.34. The summed E-state index contributed by atoms with van der Waals surface area (Å²) >= 11 is 0. The summed E-state index contributed by atoms with van der Waals surface area (Å²) in [7, 11) is 3.19. The van der Waals surface area contributed by atoms with Crippen LogP contribution in [0.15, 0.2) is 36.4 Å². The standard InChI is InChI=1S/C20H24N2O4/c1-4-16-20(23)22(12-14-10-15(21)8-9-17(14)26-16)11-13-6-5-7-18(24-2)19(13)25-3/h5-10,16H,4,11-12,21H2,1-3H3. The predicted octanol–water partition coefficient (Wildman–Crippen LogP) is 2.99. The number of benzene rings is 2. The second-order valence-corrected chi connectivity index (χ2v) is 6.23. The number of hydrogen-bond donors (Lipinski definition) is 1. The zero-order valence-electron chi connectivity index (χ0n) is 15.3. The molecule has 6 heteroatoms. The molecule has 1 heterocycles. The summed E-state index contributed by atoms with van der Waals surface area (Å²) in [6, 6.07) is 11.1. The van der Waals surface area contributed by atoms with E-state index in [1.54, 1.807) is 25.2 Å². The Morgan fingerprint density at radius 1 is 1.23 bits per heavy atom. The maximum absolute atomic E-state index is 13.0. The number of hydrogen-bond acceptors (Lipinski definition) is 5. The van der Waals surface area contributed by atoms with E-state index in [2.05, 4.69) is 0 Å². The van der Waals surface area contributed by atoms with E-state index in [9.17, 15) is 4.79 Å². The van der Waals surface area contributed by atoms with Gasteiger partial charge in [0.15, 0.2) is 17.6 Å². The molecule has 0 radical (unpaired) electrons. The quantitative estimate of drug-likeness (QED) is 0.834. The number of nitrogens with two attached hydrogens (primary N) is 1. The maximum Gasteiger partial charge on any atom is 0.264 e. The van der Waals surface area contributed by atoms with E-state index in [0.29, 0.717) is 42.4 Å². The topological polar surface area (TPSA) is 74.0 Å². The number of amides is 1. The van der Waals surface area contributed by atoms with Crippen LogP contribution in [0.2, 0.25) is 0 Å². The Hall–Kier alpha value is -2.89. The van der Waals surface area contributed by atoms with Gasteiger partial charge in [-0.25, -0.2) is 0 Å². The SMILES string of the molecule is CCC1Oc2ccc(N)cc2CN(Cc2cccc(OC)c2OC)C1=O. The molecule has 6 nitrogen and oxygen atoms in total. The van der Waals surface area contributed by atoms with E-state index in [-0.39, 0.29) is 5.91 Å². The van der Waals surface area contributed by atoms with Crippen LogP contribution in [0.25, 0.3) is 0 Å². The summed E-state index contributed by atoms with van der Waals surface area (Å²) in [4.78, 5) is 14.8. The minimum atomic E-state index is -0.517. The highest BCUT2D eigenvalue weighted by molar-refractivity contribution is 5.82.